The summed E-state index contributed by atoms with van der Waals surface area (Å²) >= 11 is 0. The topological polar surface area (TPSA) is 80.5 Å². The van der Waals surface area contributed by atoms with Gasteiger partial charge in [0.25, 0.3) is 0 Å². The van der Waals surface area contributed by atoms with Crippen LogP contribution in [0.1, 0.15) is 38.6 Å². The van der Waals surface area contributed by atoms with E-state index in [1.807, 2.05) is 6.92 Å². The van der Waals surface area contributed by atoms with E-state index in [0.717, 1.165) is 13.1 Å². The molecule has 1 N–H and O–H groups in total. The molecule has 0 bridgehead atoms. The van der Waals surface area contributed by atoms with Gasteiger partial charge in [0.05, 0.1) is 12.5 Å². The van der Waals surface area contributed by atoms with Crippen LogP contribution < -0.4 is 5.32 Å². The van der Waals surface area contributed by atoms with Crippen LogP contribution in [0, 0.1) is 11.8 Å². The largest absolute Gasteiger partial charge is 0.370 e. The summed E-state index contributed by atoms with van der Waals surface area (Å²) in [5.41, 5.74) is 0. The molecule has 1 unspecified atom stereocenters. The molecule has 2 rings (SSSR count). The second-order valence-electron chi connectivity index (χ2n) is 5.97. The van der Waals surface area contributed by atoms with Gasteiger partial charge in [-0.2, -0.15) is 4.98 Å². The molecule has 1 fully saturated rings. The van der Waals surface area contributed by atoms with Crippen LogP contribution in [0.4, 0.5) is 0 Å². The van der Waals surface area contributed by atoms with Gasteiger partial charge >= 0.3 is 0 Å². The number of hydrogen-bond acceptors (Lipinski definition) is 6. The highest BCUT2D eigenvalue weighted by atomic mass is 16.5. The fraction of sp³-hybridized carbons (Fsp3) is 0.786. The van der Waals surface area contributed by atoms with Gasteiger partial charge in [-0.3, -0.25) is 4.79 Å². The first kappa shape index (κ1) is 15.9. The second kappa shape index (κ2) is 7.00. The van der Waals surface area contributed by atoms with Crippen molar-refractivity contribution in [3.05, 3.63) is 11.7 Å². The van der Waals surface area contributed by atoms with Crippen LogP contribution in [0.2, 0.25) is 0 Å². The average molecular weight is 296 g/mol. The molecule has 1 atom stereocenters. The van der Waals surface area contributed by atoms with Crippen molar-refractivity contribution in [1.29, 1.82) is 0 Å². The molecule has 0 saturated carbocycles. The minimum absolute atomic E-state index is 0.0747. The number of carbonyl (C=O) groups excluding carboxylic acids is 1. The molecule has 1 saturated heterocycles. The standard InChI is InChI=1S/C14H24N4O3/c1-9(2)8-20-10(3)13-16-12(21-17-13)7-18(4)14(19)11-5-15-6-11/h9-11,15H,5-8H2,1-4H3. The number of aromatic nitrogens is 2. The van der Waals surface area contributed by atoms with Crippen molar-refractivity contribution >= 4 is 5.91 Å². The van der Waals surface area contributed by atoms with E-state index >= 15 is 0 Å². The first-order valence-electron chi connectivity index (χ1n) is 7.37. The summed E-state index contributed by atoms with van der Waals surface area (Å²) in [6, 6.07) is 0. The van der Waals surface area contributed by atoms with Crippen molar-refractivity contribution in [2.75, 3.05) is 26.7 Å². The summed E-state index contributed by atoms with van der Waals surface area (Å²) in [6.07, 6.45) is -0.207. The van der Waals surface area contributed by atoms with Crippen LogP contribution in [-0.2, 0) is 16.1 Å². The third kappa shape index (κ3) is 4.25. The van der Waals surface area contributed by atoms with E-state index in [9.17, 15) is 4.79 Å². The van der Waals surface area contributed by atoms with Crippen LogP contribution in [0.3, 0.4) is 0 Å². The Morgan fingerprint density at radius 1 is 1.48 bits per heavy atom. The third-order valence-corrected chi connectivity index (χ3v) is 3.41. The zero-order chi connectivity index (χ0) is 15.4. The molecule has 7 heteroatoms. The van der Waals surface area contributed by atoms with Gasteiger partial charge in [0.1, 0.15) is 6.10 Å². The lowest BCUT2D eigenvalue weighted by Gasteiger charge is -2.29. The number of carbonyl (C=O) groups is 1. The van der Waals surface area contributed by atoms with Crippen molar-refractivity contribution in [1.82, 2.24) is 20.4 Å². The Hall–Kier alpha value is -1.47. The van der Waals surface area contributed by atoms with E-state index in [0.29, 0.717) is 30.8 Å². The number of ether oxygens (including phenoxy) is 1. The first-order valence-corrected chi connectivity index (χ1v) is 7.37. The summed E-state index contributed by atoms with van der Waals surface area (Å²) in [5, 5.41) is 7.01. The van der Waals surface area contributed by atoms with Gasteiger partial charge in [-0.15, -0.1) is 0 Å². The Labute approximate surface area is 125 Å². The Kier molecular flexibility index (Phi) is 5.30. The molecular weight excluding hydrogens is 272 g/mol. The fourth-order valence-electron chi connectivity index (χ4n) is 1.96. The Balaban J connectivity index is 1.85. The Bertz CT molecular complexity index is 471. The third-order valence-electron chi connectivity index (χ3n) is 3.41. The molecule has 118 valence electrons. The minimum atomic E-state index is -0.207. The van der Waals surface area contributed by atoms with Crippen LogP contribution in [-0.4, -0.2) is 47.7 Å². The molecule has 2 heterocycles. The highest BCUT2D eigenvalue weighted by Gasteiger charge is 2.28. The maximum absolute atomic E-state index is 12.0. The van der Waals surface area contributed by atoms with Gasteiger partial charge in [0.2, 0.25) is 11.8 Å². The summed E-state index contributed by atoms with van der Waals surface area (Å²) in [4.78, 5) is 17.9. The van der Waals surface area contributed by atoms with E-state index in [-0.39, 0.29) is 17.9 Å². The number of amides is 1. The zero-order valence-electron chi connectivity index (χ0n) is 13.1. The number of nitrogens with one attached hydrogen (secondary N) is 1. The van der Waals surface area contributed by atoms with Gasteiger partial charge in [-0.05, 0) is 12.8 Å². The highest BCUT2D eigenvalue weighted by Crippen LogP contribution is 2.16. The molecule has 21 heavy (non-hydrogen) atoms. The van der Waals surface area contributed by atoms with Crippen LogP contribution in [0.25, 0.3) is 0 Å². The van der Waals surface area contributed by atoms with Crippen molar-refractivity contribution in [3.8, 4) is 0 Å². The minimum Gasteiger partial charge on any atom is -0.370 e. The summed E-state index contributed by atoms with van der Waals surface area (Å²) in [5.74, 6) is 1.60. The number of hydrogen-bond donors (Lipinski definition) is 1. The highest BCUT2D eigenvalue weighted by molar-refractivity contribution is 5.79. The van der Waals surface area contributed by atoms with Crippen LogP contribution in [0.15, 0.2) is 4.52 Å². The summed E-state index contributed by atoms with van der Waals surface area (Å²) < 4.78 is 10.8. The van der Waals surface area contributed by atoms with Gasteiger partial charge in [0, 0.05) is 26.7 Å². The van der Waals surface area contributed by atoms with Gasteiger partial charge in [-0.1, -0.05) is 19.0 Å². The molecule has 1 amide bonds. The maximum Gasteiger partial charge on any atom is 0.246 e. The van der Waals surface area contributed by atoms with E-state index in [1.165, 1.54) is 0 Å². The monoisotopic (exact) mass is 296 g/mol. The second-order valence-corrected chi connectivity index (χ2v) is 5.97. The summed E-state index contributed by atoms with van der Waals surface area (Å²) in [7, 11) is 1.75. The van der Waals surface area contributed by atoms with Gasteiger partial charge in [-0.25, -0.2) is 0 Å². The molecule has 0 aromatic carbocycles. The molecule has 1 aliphatic heterocycles. The first-order chi connectivity index (χ1) is 9.97. The maximum atomic E-state index is 12.0. The molecule has 7 nitrogen and oxygen atoms in total. The number of rotatable bonds is 7. The molecular formula is C14H24N4O3. The number of nitrogens with zero attached hydrogens (tertiary/aromatic N) is 3. The molecule has 0 radical (unpaired) electrons. The lowest BCUT2D eigenvalue weighted by molar-refractivity contribution is -0.136. The lowest BCUT2D eigenvalue weighted by atomic mass is 10.0. The predicted molar refractivity (Wildman–Crippen MR) is 76.3 cm³/mol. The van der Waals surface area contributed by atoms with Crippen LogP contribution >= 0.6 is 0 Å². The molecule has 0 spiro atoms. The van der Waals surface area contributed by atoms with Crippen molar-refractivity contribution in [3.63, 3.8) is 0 Å². The normalized spacial score (nSPS) is 16.8. The summed E-state index contributed by atoms with van der Waals surface area (Å²) in [6.45, 7) is 8.55. The van der Waals surface area contributed by atoms with E-state index < -0.39 is 0 Å². The van der Waals surface area contributed by atoms with Gasteiger partial charge in [0.15, 0.2) is 5.82 Å². The van der Waals surface area contributed by atoms with Gasteiger partial charge < -0.3 is 19.5 Å². The smallest absolute Gasteiger partial charge is 0.246 e. The van der Waals surface area contributed by atoms with E-state index in [4.69, 9.17) is 9.26 Å². The SMILES string of the molecule is CC(C)COC(C)c1noc(CN(C)C(=O)C2CNC2)n1. The average Bonchev–Trinajstić information content (AvgIpc) is 2.82. The quantitative estimate of drug-likeness (QED) is 0.808. The molecule has 1 aromatic heterocycles. The van der Waals surface area contributed by atoms with Crippen molar-refractivity contribution in [2.45, 2.75) is 33.4 Å². The molecule has 1 aliphatic rings. The van der Waals surface area contributed by atoms with Crippen molar-refractivity contribution < 1.29 is 14.1 Å². The van der Waals surface area contributed by atoms with E-state index in [1.54, 1.807) is 11.9 Å². The Morgan fingerprint density at radius 2 is 2.19 bits per heavy atom. The lowest BCUT2D eigenvalue weighted by Crippen LogP contribution is -2.51. The fourth-order valence-corrected chi connectivity index (χ4v) is 1.96. The van der Waals surface area contributed by atoms with Crippen molar-refractivity contribution in [2.24, 2.45) is 11.8 Å². The van der Waals surface area contributed by atoms with E-state index in [2.05, 4.69) is 29.3 Å². The molecule has 0 aliphatic carbocycles. The Morgan fingerprint density at radius 3 is 2.76 bits per heavy atom. The predicted octanol–water partition coefficient (Wildman–Crippen LogP) is 0.981. The zero-order valence-corrected chi connectivity index (χ0v) is 13.1. The van der Waals surface area contributed by atoms with Crippen LogP contribution in [0.5, 0.6) is 0 Å². The molecule has 1 aromatic rings.